The van der Waals surface area contributed by atoms with Gasteiger partial charge in [-0.05, 0) is 49.1 Å². The highest BCUT2D eigenvalue weighted by molar-refractivity contribution is 5.92. The van der Waals surface area contributed by atoms with Crippen LogP contribution in [0.1, 0.15) is 18.4 Å². The van der Waals surface area contributed by atoms with Crippen molar-refractivity contribution in [2.75, 3.05) is 23.7 Å². The summed E-state index contributed by atoms with van der Waals surface area (Å²) in [6, 6.07) is 8.62. The Labute approximate surface area is 204 Å². The molecule has 1 aliphatic heterocycles. The van der Waals surface area contributed by atoms with E-state index >= 15 is 0 Å². The fourth-order valence-electron chi connectivity index (χ4n) is 4.34. The zero-order valence-corrected chi connectivity index (χ0v) is 19.3. The van der Waals surface area contributed by atoms with Crippen molar-refractivity contribution >= 4 is 34.4 Å². The summed E-state index contributed by atoms with van der Waals surface area (Å²) in [5.74, 6) is -0.0232. The predicted octanol–water partition coefficient (Wildman–Crippen LogP) is 5.27. The number of carbonyl (C=O) groups is 1. The molecule has 1 fully saturated rings. The summed E-state index contributed by atoms with van der Waals surface area (Å²) in [5, 5.41) is 6.12. The first-order chi connectivity index (χ1) is 17.3. The molecule has 2 amide bonds. The van der Waals surface area contributed by atoms with E-state index in [2.05, 4.69) is 35.6 Å². The summed E-state index contributed by atoms with van der Waals surface area (Å²) in [5.41, 5.74) is 4.72. The third-order valence-electron chi connectivity index (χ3n) is 6.12. The van der Waals surface area contributed by atoms with Gasteiger partial charge in [0.05, 0.1) is 6.33 Å². The van der Waals surface area contributed by atoms with Gasteiger partial charge in [0.25, 0.3) is 0 Å². The van der Waals surface area contributed by atoms with Crippen LogP contribution in [-0.4, -0.2) is 55.1 Å². The van der Waals surface area contributed by atoms with Gasteiger partial charge in [0, 0.05) is 42.6 Å². The molecule has 9 nitrogen and oxygen atoms in total. The number of rotatable bonds is 5. The highest BCUT2D eigenvalue weighted by Crippen LogP contribution is 2.33. The lowest BCUT2D eigenvalue weighted by Crippen LogP contribution is -2.33. The summed E-state index contributed by atoms with van der Waals surface area (Å²) in [6.07, 6.45) is -0.124. The van der Waals surface area contributed by atoms with Gasteiger partial charge in [0.2, 0.25) is 0 Å². The average Bonchev–Trinajstić information content (AvgIpc) is 3.50. The molecule has 36 heavy (non-hydrogen) atoms. The van der Waals surface area contributed by atoms with E-state index in [-0.39, 0.29) is 6.54 Å². The SMILES string of the molecule is Cc1ccc(NC(=O)N2CCC(CC(F)(F)F)C2)cc1Nc1ncccc1-c1ncnc2nc[nH]c12. The first-order valence-electron chi connectivity index (χ1n) is 11.4. The van der Waals surface area contributed by atoms with Crippen molar-refractivity contribution in [3.63, 3.8) is 0 Å². The smallest absolute Gasteiger partial charge is 0.341 e. The van der Waals surface area contributed by atoms with Crippen LogP contribution in [0.2, 0.25) is 0 Å². The van der Waals surface area contributed by atoms with E-state index in [1.165, 1.54) is 11.2 Å². The van der Waals surface area contributed by atoms with Gasteiger partial charge in [-0.1, -0.05) is 6.07 Å². The Kier molecular flexibility index (Phi) is 6.17. The number of H-pyrrole nitrogens is 1. The molecule has 5 rings (SSSR count). The van der Waals surface area contributed by atoms with E-state index in [9.17, 15) is 18.0 Å². The third kappa shape index (κ3) is 5.07. The van der Waals surface area contributed by atoms with Gasteiger partial charge in [-0.2, -0.15) is 13.2 Å². The number of nitrogens with zero attached hydrogens (tertiary/aromatic N) is 5. The Hall–Kier alpha value is -4.22. The van der Waals surface area contributed by atoms with Gasteiger partial charge < -0.3 is 20.5 Å². The summed E-state index contributed by atoms with van der Waals surface area (Å²) >= 11 is 0. The van der Waals surface area contributed by atoms with Crippen LogP contribution in [0.4, 0.5) is 35.2 Å². The van der Waals surface area contributed by atoms with Crippen LogP contribution in [0.25, 0.3) is 22.4 Å². The lowest BCUT2D eigenvalue weighted by atomic mass is 10.1. The predicted molar refractivity (Wildman–Crippen MR) is 129 cm³/mol. The van der Waals surface area contributed by atoms with Gasteiger partial charge in [0.15, 0.2) is 5.65 Å². The molecule has 1 aromatic carbocycles. The number of nitrogens with one attached hydrogen (secondary N) is 3. The van der Waals surface area contributed by atoms with Crippen molar-refractivity contribution < 1.29 is 18.0 Å². The zero-order chi connectivity index (χ0) is 25.3. The molecule has 186 valence electrons. The van der Waals surface area contributed by atoms with E-state index in [0.717, 1.165) is 11.1 Å². The molecule has 0 radical (unpaired) electrons. The molecular weight excluding hydrogens is 473 g/mol. The molecule has 3 aromatic heterocycles. The van der Waals surface area contributed by atoms with Crippen LogP contribution in [-0.2, 0) is 0 Å². The number of likely N-dealkylation sites (tertiary alicyclic amines) is 1. The van der Waals surface area contributed by atoms with E-state index in [0.29, 0.717) is 47.0 Å². The van der Waals surface area contributed by atoms with Gasteiger partial charge in [0.1, 0.15) is 23.4 Å². The third-order valence-corrected chi connectivity index (χ3v) is 6.12. The number of halogens is 3. The van der Waals surface area contributed by atoms with Crippen LogP contribution in [0, 0.1) is 12.8 Å². The highest BCUT2D eigenvalue weighted by atomic mass is 19.4. The van der Waals surface area contributed by atoms with Gasteiger partial charge in [-0.3, -0.25) is 0 Å². The number of anilines is 3. The summed E-state index contributed by atoms with van der Waals surface area (Å²) in [7, 11) is 0. The molecule has 12 heteroatoms. The molecule has 1 unspecified atom stereocenters. The molecule has 1 saturated heterocycles. The minimum Gasteiger partial charge on any atom is -0.341 e. The maximum absolute atomic E-state index is 12.7. The Morgan fingerprint density at radius 3 is 2.89 bits per heavy atom. The van der Waals surface area contributed by atoms with Crippen LogP contribution in [0.3, 0.4) is 0 Å². The lowest BCUT2D eigenvalue weighted by Gasteiger charge is -2.19. The molecule has 1 aliphatic rings. The van der Waals surface area contributed by atoms with Crippen LogP contribution < -0.4 is 10.6 Å². The quantitative estimate of drug-likeness (QED) is 0.347. The number of aryl methyl sites for hydroxylation is 1. The standard InChI is InChI=1S/C24H23F3N8O/c1-14-4-5-16(33-23(36)35-8-6-15(11-35)10-24(25,26)27)9-18(14)34-21-17(3-2-7-28-21)19-20-22(31-12-29-19)32-13-30-20/h2-5,7,9,12-13,15H,6,8,10-11H2,1H3,(H,28,34)(H,33,36)(H,29,30,31,32). The van der Waals surface area contributed by atoms with E-state index < -0.39 is 24.5 Å². The lowest BCUT2D eigenvalue weighted by molar-refractivity contribution is -0.143. The molecule has 0 bridgehead atoms. The van der Waals surface area contributed by atoms with Crippen molar-refractivity contribution in [1.82, 2.24) is 29.8 Å². The molecule has 0 saturated carbocycles. The fraction of sp³-hybridized carbons (Fsp3) is 0.292. The molecule has 3 N–H and O–H groups in total. The number of imidazole rings is 1. The maximum atomic E-state index is 12.7. The van der Waals surface area contributed by atoms with Crippen LogP contribution in [0.5, 0.6) is 0 Å². The van der Waals surface area contributed by atoms with Crippen molar-refractivity contribution in [2.45, 2.75) is 25.9 Å². The molecule has 4 heterocycles. The average molecular weight is 496 g/mol. The fourth-order valence-corrected chi connectivity index (χ4v) is 4.34. The van der Waals surface area contributed by atoms with E-state index in [4.69, 9.17) is 0 Å². The number of carbonyl (C=O) groups excluding carboxylic acids is 1. The number of alkyl halides is 3. The second-order valence-corrected chi connectivity index (χ2v) is 8.73. The Balaban J connectivity index is 1.34. The molecule has 0 spiro atoms. The first-order valence-corrected chi connectivity index (χ1v) is 11.4. The highest BCUT2D eigenvalue weighted by Gasteiger charge is 2.36. The number of hydrogen-bond donors (Lipinski definition) is 3. The second kappa shape index (κ2) is 9.44. The summed E-state index contributed by atoms with van der Waals surface area (Å²) in [4.78, 5) is 34.4. The van der Waals surface area contributed by atoms with Gasteiger partial charge in [-0.25, -0.2) is 24.7 Å². The Bertz CT molecular complexity index is 1400. The van der Waals surface area contributed by atoms with E-state index in [1.54, 1.807) is 30.7 Å². The molecular formula is C24H23F3N8O. The topological polar surface area (TPSA) is 112 Å². The number of benzene rings is 1. The number of pyridine rings is 1. The summed E-state index contributed by atoms with van der Waals surface area (Å²) < 4.78 is 38.1. The largest absolute Gasteiger partial charge is 0.389 e. The van der Waals surface area contributed by atoms with Crippen molar-refractivity contribution in [3.8, 4) is 11.3 Å². The number of fused-ring (bicyclic) bond motifs is 1. The number of aromatic nitrogens is 5. The van der Waals surface area contributed by atoms with Crippen LogP contribution in [0.15, 0.2) is 49.2 Å². The monoisotopic (exact) mass is 496 g/mol. The number of aromatic amines is 1. The van der Waals surface area contributed by atoms with Crippen molar-refractivity contribution in [2.24, 2.45) is 5.92 Å². The first kappa shape index (κ1) is 23.5. The zero-order valence-electron chi connectivity index (χ0n) is 19.3. The number of hydrogen-bond acceptors (Lipinski definition) is 6. The van der Waals surface area contributed by atoms with Crippen molar-refractivity contribution in [3.05, 3.63) is 54.7 Å². The minimum absolute atomic E-state index is 0.0839. The Morgan fingerprint density at radius 2 is 2.06 bits per heavy atom. The normalized spacial score (nSPS) is 15.9. The number of amides is 2. The minimum atomic E-state index is -4.23. The summed E-state index contributed by atoms with van der Waals surface area (Å²) in [6.45, 7) is 2.29. The van der Waals surface area contributed by atoms with Gasteiger partial charge >= 0.3 is 12.2 Å². The molecule has 4 aromatic rings. The Morgan fingerprint density at radius 1 is 1.19 bits per heavy atom. The maximum Gasteiger partial charge on any atom is 0.389 e. The number of urea groups is 1. The van der Waals surface area contributed by atoms with Crippen molar-refractivity contribution in [1.29, 1.82) is 0 Å². The van der Waals surface area contributed by atoms with E-state index in [1.807, 2.05) is 19.1 Å². The molecule has 0 aliphatic carbocycles. The van der Waals surface area contributed by atoms with Gasteiger partial charge in [-0.15, -0.1) is 0 Å². The molecule has 1 atom stereocenters. The van der Waals surface area contributed by atoms with Crippen LogP contribution >= 0.6 is 0 Å². The second-order valence-electron chi connectivity index (χ2n) is 8.73.